The molecule has 0 N–H and O–H groups in total. The first-order valence-corrected chi connectivity index (χ1v) is 7.33. The minimum absolute atomic E-state index is 0.0643. The van der Waals surface area contributed by atoms with Crippen LogP contribution < -0.4 is 4.74 Å². The fourth-order valence-corrected chi connectivity index (χ4v) is 2.47. The van der Waals surface area contributed by atoms with Gasteiger partial charge < -0.3 is 4.74 Å². The molecule has 0 fully saturated rings. The number of halogens is 2. The van der Waals surface area contributed by atoms with Gasteiger partial charge in [0.2, 0.25) is 5.78 Å². The quantitative estimate of drug-likeness (QED) is 0.725. The summed E-state index contributed by atoms with van der Waals surface area (Å²) < 4.78 is 5.71. The van der Waals surface area contributed by atoms with Crippen LogP contribution in [-0.2, 0) is 0 Å². The highest BCUT2D eigenvalue weighted by Crippen LogP contribution is 2.26. The molecule has 0 saturated carbocycles. The summed E-state index contributed by atoms with van der Waals surface area (Å²) in [6, 6.07) is 8.84. The van der Waals surface area contributed by atoms with Crippen LogP contribution in [0.3, 0.4) is 0 Å². The number of ether oxygens (including phenoxy) is 1. The van der Waals surface area contributed by atoms with Gasteiger partial charge in [-0.1, -0.05) is 35.3 Å². The summed E-state index contributed by atoms with van der Waals surface area (Å²) >= 11 is 11.9. The summed E-state index contributed by atoms with van der Waals surface area (Å²) in [4.78, 5) is 12.2. The molecule has 2 nitrogen and oxygen atoms in total. The third-order valence-electron chi connectivity index (χ3n) is 3.45. The summed E-state index contributed by atoms with van der Waals surface area (Å²) in [6.45, 7) is 5.88. The van der Waals surface area contributed by atoms with Crippen molar-refractivity contribution in [3.63, 3.8) is 0 Å². The highest BCUT2D eigenvalue weighted by atomic mass is 35.5. The van der Waals surface area contributed by atoms with Gasteiger partial charge in [0.25, 0.3) is 0 Å². The van der Waals surface area contributed by atoms with Gasteiger partial charge in [0.15, 0.2) is 6.61 Å². The Kier molecular flexibility index (Phi) is 4.92. The van der Waals surface area contributed by atoms with Crippen LogP contribution in [-0.4, -0.2) is 12.4 Å². The lowest BCUT2D eigenvalue weighted by Crippen LogP contribution is -2.13. The Balaban J connectivity index is 2.19. The molecular weight excluding hydrogens is 307 g/mol. The van der Waals surface area contributed by atoms with E-state index in [0.29, 0.717) is 15.6 Å². The molecule has 110 valence electrons. The van der Waals surface area contributed by atoms with Gasteiger partial charge in [-0.25, -0.2) is 0 Å². The second-order valence-electron chi connectivity index (χ2n) is 4.99. The largest absolute Gasteiger partial charge is 0.485 e. The average molecular weight is 323 g/mol. The van der Waals surface area contributed by atoms with Gasteiger partial charge in [-0.05, 0) is 55.7 Å². The smallest absolute Gasteiger partial charge is 0.201 e. The maximum Gasteiger partial charge on any atom is 0.201 e. The number of hydrogen-bond donors (Lipinski definition) is 0. The number of benzene rings is 2. The number of carbonyl (C=O) groups excluding carboxylic acids is 1. The molecule has 0 unspecified atom stereocenters. The molecule has 0 radical (unpaired) electrons. The van der Waals surface area contributed by atoms with Crippen molar-refractivity contribution in [1.29, 1.82) is 0 Å². The van der Waals surface area contributed by atoms with Crippen LogP contribution in [0.5, 0.6) is 5.75 Å². The first-order chi connectivity index (χ1) is 9.90. The molecule has 0 aromatic heterocycles. The molecule has 0 bridgehead atoms. The van der Waals surface area contributed by atoms with E-state index in [1.165, 1.54) is 0 Å². The highest BCUT2D eigenvalue weighted by Gasteiger charge is 2.14. The topological polar surface area (TPSA) is 26.3 Å². The number of Topliss-reactive ketones (excluding diaryl/α,β-unsaturated/α-hetero) is 1. The van der Waals surface area contributed by atoms with E-state index in [1.807, 2.05) is 32.9 Å². The van der Waals surface area contributed by atoms with E-state index >= 15 is 0 Å². The molecule has 4 heteroatoms. The van der Waals surface area contributed by atoms with Gasteiger partial charge in [-0.3, -0.25) is 4.79 Å². The van der Waals surface area contributed by atoms with Crippen molar-refractivity contribution in [1.82, 2.24) is 0 Å². The summed E-state index contributed by atoms with van der Waals surface area (Å²) in [5.74, 6) is 0.560. The molecule has 0 aliphatic heterocycles. The maximum atomic E-state index is 12.2. The van der Waals surface area contributed by atoms with Crippen LogP contribution in [0.4, 0.5) is 0 Å². The van der Waals surface area contributed by atoms with Gasteiger partial charge in [0, 0.05) is 10.6 Å². The normalized spacial score (nSPS) is 10.5. The molecule has 0 saturated heterocycles. The van der Waals surface area contributed by atoms with Gasteiger partial charge >= 0.3 is 0 Å². The minimum atomic E-state index is -0.192. The average Bonchev–Trinajstić information content (AvgIpc) is 2.45. The third-order valence-corrected chi connectivity index (χ3v) is 4.01. The lowest BCUT2D eigenvalue weighted by Gasteiger charge is -2.13. The lowest BCUT2D eigenvalue weighted by molar-refractivity contribution is 0.0921. The molecule has 0 aliphatic carbocycles. The highest BCUT2D eigenvalue weighted by molar-refractivity contribution is 6.35. The second kappa shape index (κ2) is 6.50. The molecule has 2 rings (SSSR count). The number of carbonyl (C=O) groups is 1. The molecule has 2 aromatic carbocycles. The van der Waals surface area contributed by atoms with Gasteiger partial charge in [-0.2, -0.15) is 0 Å². The van der Waals surface area contributed by atoms with Crippen LogP contribution in [0.25, 0.3) is 0 Å². The summed E-state index contributed by atoms with van der Waals surface area (Å²) in [6.07, 6.45) is 0. The zero-order valence-electron chi connectivity index (χ0n) is 12.2. The van der Waals surface area contributed by atoms with Crippen LogP contribution >= 0.6 is 23.2 Å². The van der Waals surface area contributed by atoms with E-state index in [1.54, 1.807) is 18.2 Å². The molecule has 0 aliphatic rings. The van der Waals surface area contributed by atoms with Gasteiger partial charge in [-0.15, -0.1) is 0 Å². The second-order valence-corrected chi connectivity index (χ2v) is 5.83. The number of ketones is 1. The Hall–Kier alpha value is -1.51. The van der Waals surface area contributed by atoms with Crippen LogP contribution in [0.1, 0.15) is 27.0 Å². The van der Waals surface area contributed by atoms with E-state index in [9.17, 15) is 4.79 Å². The van der Waals surface area contributed by atoms with Crippen LogP contribution in [0.15, 0.2) is 30.3 Å². The van der Waals surface area contributed by atoms with Gasteiger partial charge in [0.05, 0.1) is 5.02 Å². The zero-order chi connectivity index (χ0) is 15.6. The first-order valence-electron chi connectivity index (χ1n) is 6.58. The number of hydrogen-bond acceptors (Lipinski definition) is 2. The van der Waals surface area contributed by atoms with Crippen molar-refractivity contribution in [3.8, 4) is 5.75 Å². The molecular formula is C17H16Cl2O2. The first kappa shape index (κ1) is 15.9. The maximum absolute atomic E-state index is 12.2. The van der Waals surface area contributed by atoms with Crippen molar-refractivity contribution in [2.75, 3.05) is 6.61 Å². The fourth-order valence-electron chi connectivity index (χ4n) is 2.07. The van der Waals surface area contributed by atoms with Crippen LogP contribution in [0, 0.1) is 20.8 Å². The zero-order valence-corrected chi connectivity index (χ0v) is 13.7. The van der Waals surface area contributed by atoms with E-state index in [0.717, 1.165) is 22.4 Å². The van der Waals surface area contributed by atoms with Crippen molar-refractivity contribution < 1.29 is 9.53 Å². The molecule has 0 atom stereocenters. The molecule has 0 spiro atoms. The molecule has 0 heterocycles. The van der Waals surface area contributed by atoms with Crippen molar-refractivity contribution in [2.45, 2.75) is 20.8 Å². The van der Waals surface area contributed by atoms with Crippen LogP contribution in [0.2, 0.25) is 10.0 Å². The molecule has 0 amide bonds. The van der Waals surface area contributed by atoms with E-state index in [2.05, 4.69) is 0 Å². The summed E-state index contributed by atoms with van der Waals surface area (Å²) in [5, 5.41) is 0.858. The standard InChI is InChI=1S/C17H16Cl2O2/c1-10-4-5-11(2)17(12(10)3)21-9-16(20)14-8-13(18)6-7-15(14)19/h4-8H,9H2,1-3H3. The summed E-state index contributed by atoms with van der Waals surface area (Å²) in [7, 11) is 0. The lowest BCUT2D eigenvalue weighted by atomic mass is 10.1. The molecule has 2 aromatic rings. The third kappa shape index (κ3) is 3.58. The van der Waals surface area contributed by atoms with Crippen molar-refractivity contribution in [3.05, 3.63) is 62.6 Å². The van der Waals surface area contributed by atoms with E-state index in [-0.39, 0.29) is 12.4 Å². The van der Waals surface area contributed by atoms with Gasteiger partial charge in [0.1, 0.15) is 5.75 Å². The fraction of sp³-hybridized carbons (Fsp3) is 0.235. The Morgan fingerprint density at radius 2 is 1.71 bits per heavy atom. The van der Waals surface area contributed by atoms with Crippen molar-refractivity contribution in [2.24, 2.45) is 0 Å². The minimum Gasteiger partial charge on any atom is -0.485 e. The number of rotatable bonds is 4. The summed E-state index contributed by atoms with van der Waals surface area (Å²) in [5.41, 5.74) is 3.55. The Labute approximate surface area is 134 Å². The Bertz CT molecular complexity index is 693. The predicted molar refractivity (Wildman–Crippen MR) is 86.9 cm³/mol. The van der Waals surface area contributed by atoms with E-state index < -0.39 is 0 Å². The monoisotopic (exact) mass is 322 g/mol. The Morgan fingerprint density at radius 3 is 2.43 bits per heavy atom. The SMILES string of the molecule is Cc1ccc(C)c(OCC(=O)c2cc(Cl)ccc2Cl)c1C. The Morgan fingerprint density at radius 1 is 1.05 bits per heavy atom. The molecule has 21 heavy (non-hydrogen) atoms. The van der Waals surface area contributed by atoms with Crippen molar-refractivity contribution >= 4 is 29.0 Å². The predicted octanol–water partition coefficient (Wildman–Crippen LogP) is 5.18. The van der Waals surface area contributed by atoms with E-state index in [4.69, 9.17) is 27.9 Å². The number of aryl methyl sites for hydroxylation is 2.